The van der Waals surface area contributed by atoms with Crippen LogP contribution in [0.5, 0.6) is 0 Å². The first-order valence-corrected chi connectivity index (χ1v) is 5.29. The van der Waals surface area contributed by atoms with Gasteiger partial charge in [0.1, 0.15) is 6.61 Å². The summed E-state index contributed by atoms with van der Waals surface area (Å²) in [6, 6.07) is 9.73. The fourth-order valence-corrected chi connectivity index (χ4v) is 1.21. The summed E-state index contributed by atoms with van der Waals surface area (Å²) < 4.78 is 5.46. The number of ether oxygens (including phenoxy) is 1. The predicted octanol–water partition coefficient (Wildman–Crippen LogP) is 3.90. The maximum absolute atomic E-state index is 9.67. The zero-order valence-corrected chi connectivity index (χ0v) is 9.67. The zero-order valence-electron chi connectivity index (χ0n) is 9.67. The lowest BCUT2D eigenvalue weighted by Crippen LogP contribution is -1.94. The van der Waals surface area contributed by atoms with Gasteiger partial charge in [0.05, 0.1) is 0 Å². The molecule has 0 aliphatic heterocycles. The molecule has 0 bridgehead atoms. The van der Waals surface area contributed by atoms with Gasteiger partial charge in [0.15, 0.2) is 11.5 Å². The Bertz CT molecular complexity index is 427. The largest absolute Gasteiger partial charge is 0.504 e. The summed E-state index contributed by atoms with van der Waals surface area (Å²) in [5.41, 5.74) is 1.03. The van der Waals surface area contributed by atoms with E-state index >= 15 is 0 Å². The number of hydrogen-bond acceptors (Lipinski definition) is 2. The van der Waals surface area contributed by atoms with E-state index in [4.69, 9.17) is 4.74 Å². The van der Waals surface area contributed by atoms with Crippen LogP contribution in [0.3, 0.4) is 0 Å². The summed E-state index contributed by atoms with van der Waals surface area (Å²) in [5, 5.41) is 9.67. The Balaban J connectivity index is 2.68. The Morgan fingerprint density at radius 3 is 2.53 bits per heavy atom. The summed E-state index contributed by atoms with van der Waals surface area (Å²) in [4.78, 5) is 0. The molecule has 1 rings (SSSR count). The van der Waals surface area contributed by atoms with Gasteiger partial charge in [-0.15, -0.1) is 0 Å². The van der Waals surface area contributed by atoms with Crippen molar-refractivity contribution < 1.29 is 9.84 Å². The number of aliphatic hydroxyl groups is 1. The zero-order chi connectivity index (χ0) is 12.5. The highest BCUT2D eigenvalue weighted by Crippen LogP contribution is 2.10. The highest BCUT2D eigenvalue weighted by Gasteiger charge is 2.00. The van der Waals surface area contributed by atoms with Gasteiger partial charge in [-0.25, -0.2) is 0 Å². The molecule has 88 valence electrons. The van der Waals surface area contributed by atoms with Gasteiger partial charge < -0.3 is 9.84 Å². The molecule has 0 atom stereocenters. The third-order valence-corrected chi connectivity index (χ3v) is 2.07. The number of benzene rings is 1. The fraction of sp³-hybridized carbons (Fsp3) is 0.0667. The van der Waals surface area contributed by atoms with E-state index in [1.165, 1.54) is 12.2 Å². The van der Waals surface area contributed by atoms with Gasteiger partial charge in [0, 0.05) is 0 Å². The topological polar surface area (TPSA) is 29.5 Å². The van der Waals surface area contributed by atoms with Crippen molar-refractivity contribution in [1.82, 2.24) is 0 Å². The molecule has 0 heterocycles. The Morgan fingerprint density at radius 1 is 1.24 bits per heavy atom. The van der Waals surface area contributed by atoms with Gasteiger partial charge in [0.2, 0.25) is 0 Å². The van der Waals surface area contributed by atoms with Crippen molar-refractivity contribution in [3.8, 4) is 0 Å². The van der Waals surface area contributed by atoms with E-state index in [0.29, 0.717) is 12.4 Å². The molecule has 17 heavy (non-hydrogen) atoms. The molecule has 0 fully saturated rings. The van der Waals surface area contributed by atoms with E-state index in [0.717, 1.165) is 5.56 Å². The molecule has 0 amide bonds. The molecule has 2 nitrogen and oxygen atoms in total. The van der Waals surface area contributed by atoms with Crippen molar-refractivity contribution in [3.63, 3.8) is 0 Å². The first-order chi connectivity index (χ1) is 8.27. The lowest BCUT2D eigenvalue weighted by molar-refractivity contribution is 0.194. The normalized spacial score (nSPS) is 12.0. The summed E-state index contributed by atoms with van der Waals surface area (Å²) in [6.07, 6.45) is 6.19. The van der Waals surface area contributed by atoms with Crippen LogP contribution in [0.15, 0.2) is 79.3 Å². The van der Waals surface area contributed by atoms with Crippen LogP contribution >= 0.6 is 0 Å². The van der Waals surface area contributed by atoms with E-state index < -0.39 is 0 Å². The molecule has 0 aliphatic carbocycles. The van der Waals surface area contributed by atoms with Crippen LogP contribution in [0.4, 0.5) is 0 Å². The minimum Gasteiger partial charge on any atom is -0.504 e. The van der Waals surface area contributed by atoms with Crippen molar-refractivity contribution in [2.24, 2.45) is 0 Å². The molecule has 0 saturated carbocycles. The Labute approximate surface area is 102 Å². The second-order valence-corrected chi connectivity index (χ2v) is 3.32. The van der Waals surface area contributed by atoms with Gasteiger partial charge in [-0.1, -0.05) is 55.6 Å². The van der Waals surface area contributed by atoms with Crippen molar-refractivity contribution in [1.29, 1.82) is 0 Å². The monoisotopic (exact) mass is 228 g/mol. The highest BCUT2D eigenvalue weighted by molar-refractivity contribution is 5.24. The quantitative estimate of drug-likeness (QED) is 0.591. The third-order valence-electron chi connectivity index (χ3n) is 2.07. The molecular formula is C15H16O2. The smallest absolute Gasteiger partial charge is 0.160 e. The van der Waals surface area contributed by atoms with Crippen LogP contribution in [0.25, 0.3) is 0 Å². The van der Waals surface area contributed by atoms with E-state index in [-0.39, 0.29) is 5.76 Å². The van der Waals surface area contributed by atoms with Crippen LogP contribution < -0.4 is 0 Å². The molecule has 1 aromatic rings. The predicted molar refractivity (Wildman–Crippen MR) is 70.4 cm³/mol. The first kappa shape index (κ1) is 12.8. The second-order valence-electron chi connectivity index (χ2n) is 3.32. The molecule has 0 aromatic heterocycles. The van der Waals surface area contributed by atoms with E-state index in [2.05, 4.69) is 13.2 Å². The summed E-state index contributed by atoms with van der Waals surface area (Å²) in [7, 11) is 0. The second kappa shape index (κ2) is 7.12. The lowest BCUT2D eigenvalue weighted by atomic mass is 10.2. The van der Waals surface area contributed by atoms with Crippen molar-refractivity contribution in [2.75, 3.05) is 0 Å². The Kier molecular flexibility index (Phi) is 5.38. The minimum atomic E-state index is 0.0378. The number of rotatable bonds is 6. The lowest BCUT2D eigenvalue weighted by Gasteiger charge is -2.07. The molecule has 0 aliphatic rings. The Morgan fingerprint density at radius 2 is 1.94 bits per heavy atom. The van der Waals surface area contributed by atoms with Crippen LogP contribution in [-0.2, 0) is 11.3 Å². The summed E-state index contributed by atoms with van der Waals surface area (Å²) in [5.74, 6) is 0.391. The molecule has 2 heteroatoms. The van der Waals surface area contributed by atoms with Crippen LogP contribution in [0.1, 0.15) is 5.56 Å². The van der Waals surface area contributed by atoms with Gasteiger partial charge in [-0.2, -0.15) is 0 Å². The highest BCUT2D eigenvalue weighted by atomic mass is 16.5. The summed E-state index contributed by atoms with van der Waals surface area (Å²) >= 11 is 0. The van der Waals surface area contributed by atoms with Gasteiger partial charge in [0.25, 0.3) is 0 Å². The van der Waals surface area contributed by atoms with Crippen molar-refractivity contribution in [3.05, 3.63) is 84.9 Å². The van der Waals surface area contributed by atoms with Gasteiger partial charge in [-0.3, -0.25) is 0 Å². The molecule has 0 spiro atoms. The number of allylic oxidation sites excluding steroid dienone is 4. The molecule has 0 saturated heterocycles. The van der Waals surface area contributed by atoms with Crippen LogP contribution in [-0.4, -0.2) is 5.11 Å². The average molecular weight is 228 g/mol. The number of hydrogen-bond donors (Lipinski definition) is 1. The Hall–Kier alpha value is -2.22. The molecule has 1 aromatic carbocycles. The average Bonchev–Trinajstić information content (AvgIpc) is 2.38. The maximum atomic E-state index is 9.67. The van der Waals surface area contributed by atoms with Crippen LogP contribution in [0.2, 0.25) is 0 Å². The molecular weight excluding hydrogens is 212 g/mol. The van der Waals surface area contributed by atoms with Crippen molar-refractivity contribution >= 4 is 0 Å². The van der Waals surface area contributed by atoms with E-state index in [1.807, 2.05) is 30.3 Å². The molecule has 1 N–H and O–H groups in total. The molecule has 0 unspecified atom stereocenters. The van der Waals surface area contributed by atoms with E-state index in [1.54, 1.807) is 12.2 Å². The van der Waals surface area contributed by atoms with Crippen molar-refractivity contribution in [2.45, 2.75) is 6.61 Å². The van der Waals surface area contributed by atoms with Gasteiger partial charge in [-0.05, 0) is 17.7 Å². The number of aliphatic hydroxyl groups excluding tert-OH is 1. The maximum Gasteiger partial charge on any atom is 0.160 e. The first-order valence-electron chi connectivity index (χ1n) is 5.29. The van der Waals surface area contributed by atoms with Gasteiger partial charge >= 0.3 is 0 Å². The standard InChI is InChI=1S/C15H16O2/c1-3-5-11-14(16)15(4-2)17-12-13-9-7-6-8-10-13/h3-11,16H,1-2,12H2/b11-5-,15-14-. The van der Waals surface area contributed by atoms with Crippen LogP contribution in [0, 0.1) is 0 Å². The summed E-state index contributed by atoms with van der Waals surface area (Å²) in [6.45, 7) is 7.52. The minimum absolute atomic E-state index is 0.0378. The molecule has 0 radical (unpaired) electrons. The third kappa shape index (κ3) is 4.43. The van der Waals surface area contributed by atoms with E-state index in [9.17, 15) is 5.11 Å². The SMILES string of the molecule is C=C/C=C\C(O)=C(/C=C)OCc1ccccc1. The fourth-order valence-electron chi connectivity index (χ4n) is 1.21.